The zero-order chi connectivity index (χ0) is 28.0. The van der Waals surface area contributed by atoms with Crippen molar-refractivity contribution in [2.75, 3.05) is 6.61 Å². The summed E-state index contributed by atoms with van der Waals surface area (Å²) in [5.74, 6) is -56.1. The van der Waals surface area contributed by atoms with E-state index in [2.05, 4.69) is 9.47 Å². The van der Waals surface area contributed by atoms with Gasteiger partial charge in [-0.2, -0.15) is 74.6 Å². The van der Waals surface area contributed by atoms with E-state index in [9.17, 15) is 84.2 Å². The van der Waals surface area contributed by atoms with Crippen LogP contribution in [0.2, 0.25) is 0 Å². The highest BCUT2D eigenvalue weighted by atomic mass is 19.4. The second kappa shape index (κ2) is 8.76. The number of halogens is 17. The molecule has 0 aromatic rings. The van der Waals surface area contributed by atoms with Gasteiger partial charge in [-0.15, -0.1) is 0 Å². The average Bonchev–Trinajstić information content (AvgIpc) is 2.59. The topological polar surface area (TPSA) is 52.6 Å². The summed E-state index contributed by atoms with van der Waals surface area (Å²) in [6.45, 7) is 0.418. The molecule has 0 radical (unpaired) electrons. The molecule has 0 saturated heterocycles. The molecule has 0 spiro atoms. The first-order chi connectivity index (χ1) is 14.6. The maximum absolute atomic E-state index is 13.4. The maximum atomic E-state index is 13.4. The standard InChI is InChI=1S/C13H7F17O4/c1-2-33-4(31)3-5(32)34-13(29,30)11(24,25)9(20,21)7(16,17)6(14,15)8(18,19)10(22,23)12(26,27)28/h2-3H2,1H3. The van der Waals surface area contributed by atoms with Crippen molar-refractivity contribution in [3.8, 4) is 0 Å². The molecule has 0 aromatic heterocycles. The Morgan fingerprint density at radius 3 is 1.18 bits per heavy atom. The second-order valence-electron chi connectivity index (χ2n) is 5.92. The van der Waals surface area contributed by atoms with Gasteiger partial charge < -0.3 is 9.47 Å². The predicted molar refractivity (Wildman–Crippen MR) is 68.0 cm³/mol. The number of carbonyl (C=O) groups is 2. The third-order valence-corrected chi connectivity index (χ3v) is 3.53. The van der Waals surface area contributed by atoms with E-state index in [4.69, 9.17) is 0 Å². The molecule has 34 heavy (non-hydrogen) atoms. The van der Waals surface area contributed by atoms with Crippen LogP contribution in [-0.2, 0) is 19.1 Å². The van der Waals surface area contributed by atoms with Crippen LogP contribution < -0.4 is 0 Å². The molecular weight excluding hydrogens is 543 g/mol. The molecule has 0 amide bonds. The SMILES string of the molecule is CCOC(=O)CC(=O)OC(F)(F)C(F)(F)C(F)(F)C(F)(F)C(F)(F)C(F)(F)C(F)(F)C(F)(F)F. The Morgan fingerprint density at radius 1 is 0.529 bits per heavy atom. The number of carbonyl (C=O) groups excluding carboxylic acids is 2. The highest BCUT2D eigenvalue weighted by molar-refractivity contribution is 5.91. The van der Waals surface area contributed by atoms with E-state index in [0.29, 0.717) is 0 Å². The molecule has 21 heteroatoms. The van der Waals surface area contributed by atoms with Crippen molar-refractivity contribution < 1.29 is 93.7 Å². The minimum absolute atomic E-state index is 0.602. The predicted octanol–water partition coefficient (Wildman–Crippen LogP) is 5.45. The first-order valence-corrected chi connectivity index (χ1v) is 7.69. The Kier molecular flexibility index (Phi) is 8.18. The smallest absolute Gasteiger partial charge is 0.466 e. The Hall–Kier alpha value is -2.25. The summed E-state index contributed by atoms with van der Waals surface area (Å²) in [4.78, 5) is 21.7. The van der Waals surface area contributed by atoms with Crippen molar-refractivity contribution in [1.29, 1.82) is 0 Å². The Labute approximate surface area is 174 Å². The van der Waals surface area contributed by atoms with Gasteiger partial charge in [0, 0.05) is 0 Å². The van der Waals surface area contributed by atoms with Gasteiger partial charge >= 0.3 is 59.8 Å². The van der Waals surface area contributed by atoms with Crippen molar-refractivity contribution >= 4 is 11.9 Å². The van der Waals surface area contributed by atoms with E-state index in [1.807, 2.05) is 0 Å². The van der Waals surface area contributed by atoms with Gasteiger partial charge in [0.15, 0.2) is 0 Å². The van der Waals surface area contributed by atoms with Crippen LogP contribution in [0.5, 0.6) is 0 Å². The van der Waals surface area contributed by atoms with E-state index in [1.54, 1.807) is 0 Å². The fourth-order valence-corrected chi connectivity index (χ4v) is 1.72. The lowest BCUT2D eigenvalue weighted by Crippen LogP contribution is -2.74. The number of alkyl halides is 17. The number of hydrogen-bond donors (Lipinski definition) is 0. The van der Waals surface area contributed by atoms with Gasteiger partial charge in [-0.1, -0.05) is 0 Å². The van der Waals surface area contributed by atoms with Gasteiger partial charge in [-0.3, -0.25) is 9.59 Å². The van der Waals surface area contributed by atoms with Crippen LogP contribution in [0.1, 0.15) is 13.3 Å². The third kappa shape index (κ3) is 4.65. The highest BCUT2D eigenvalue weighted by Gasteiger charge is 2.95. The third-order valence-electron chi connectivity index (χ3n) is 3.53. The summed E-state index contributed by atoms with van der Waals surface area (Å²) < 4.78 is 227. The van der Waals surface area contributed by atoms with Crippen molar-refractivity contribution in [2.24, 2.45) is 0 Å². The fraction of sp³-hybridized carbons (Fsp3) is 0.846. The lowest BCUT2D eigenvalue weighted by Gasteiger charge is -2.42. The van der Waals surface area contributed by atoms with E-state index in [1.165, 1.54) is 0 Å². The lowest BCUT2D eigenvalue weighted by molar-refractivity contribution is -0.474. The van der Waals surface area contributed by atoms with Gasteiger partial charge in [0.25, 0.3) is 0 Å². The zero-order valence-electron chi connectivity index (χ0n) is 15.5. The highest BCUT2D eigenvalue weighted by Crippen LogP contribution is 2.64. The molecule has 0 aliphatic rings. The van der Waals surface area contributed by atoms with Crippen LogP contribution in [0.15, 0.2) is 0 Å². The van der Waals surface area contributed by atoms with Crippen molar-refractivity contribution in [1.82, 2.24) is 0 Å². The molecule has 0 atom stereocenters. The van der Waals surface area contributed by atoms with Crippen LogP contribution in [0, 0.1) is 0 Å². The molecule has 0 unspecified atom stereocenters. The Morgan fingerprint density at radius 2 is 0.853 bits per heavy atom. The molecule has 0 N–H and O–H groups in total. The summed E-state index contributed by atoms with van der Waals surface area (Å²) >= 11 is 0. The molecule has 0 fully saturated rings. The van der Waals surface area contributed by atoms with Crippen LogP contribution in [-0.4, -0.2) is 66.4 Å². The normalized spacial score (nSPS) is 15.2. The Balaban J connectivity index is 6.45. The van der Waals surface area contributed by atoms with Gasteiger partial charge in [-0.05, 0) is 6.92 Å². The molecule has 0 saturated carbocycles. The molecule has 0 heterocycles. The van der Waals surface area contributed by atoms with Crippen LogP contribution in [0.4, 0.5) is 74.6 Å². The fourth-order valence-electron chi connectivity index (χ4n) is 1.72. The van der Waals surface area contributed by atoms with Crippen molar-refractivity contribution in [3.05, 3.63) is 0 Å². The van der Waals surface area contributed by atoms with Crippen molar-refractivity contribution in [2.45, 2.75) is 61.2 Å². The largest absolute Gasteiger partial charge is 0.473 e. The number of esters is 2. The van der Waals surface area contributed by atoms with E-state index >= 15 is 0 Å². The molecule has 4 nitrogen and oxygen atoms in total. The first kappa shape index (κ1) is 31.8. The average molecular weight is 550 g/mol. The number of rotatable bonds is 10. The first-order valence-electron chi connectivity index (χ1n) is 7.69. The number of ether oxygens (including phenoxy) is 2. The molecule has 202 valence electrons. The molecule has 0 rings (SSSR count). The van der Waals surface area contributed by atoms with Crippen LogP contribution in [0.25, 0.3) is 0 Å². The molecular formula is C13H7F17O4. The summed E-state index contributed by atoms with van der Waals surface area (Å²) in [7, 11) is 0. The maximum Gasteiger partial charge on any atom is 0.473 e. The molecule has 0 aliphatic heterocycles. The summed E-state index contributed by atoms with van der Waals surface area (Å²) in [6.07, 6.45) is -17.3. The molecule has 0 aromatic carbocycles. The molecule has 0 aliphatic carbocycles. The zero-order valence-corrected chi connectivity index (χ0v) is 15.5. The number of hydrogen-bond acceptors (Lipinski definition) is 4. The van der Waals surface area contributed by atoms with E-state index in [-0.39, 0.29) is 0 Å². The van der Waals surface area contributed by atoms with Crippen LogP contribution in [0.3, 0.4) is 0 Å². The Bertz CT molecular complexity index is 770. The lowest BCUT2D eigenvalue weighted by atomic mass is 9.90. The monoisotopic (exact) mass is 550 g/mol. The van der Waals surface area contributed by atoms with E-state index < -0.39 is 72.8 Å². The van der Waals surface area contributed by atoms with Crippen molar-refractivity contribution in [3.63, 3.8) is 0 Å². The minimum atomic E-state index is -8.79. The van der Waals surface area contributed by atoms with Gasteiger partial charge in [0.2, 0.25) is 0 Å². The summed E-state index contributed by atoms with van der Waals surface area (Å²) in [6, 6.07) is 0. The van der Waals surface area contributed by atoms with Crippen LogP contribution >= 0.6 is 0 Å². The summed E-state index contributed by atoms with van der Waals surface area (Å²) in [5, 5.41) is 0. The summed E-state index contributed by atoms with van der Waals surface area (Å²) in [5.41, 5.74) is 0. The van der Waals surface area contributed by atoms with Gasteiger partial charge in [0.1, 0.15) is 6.42 Å². The van der Waals surface area contributed by atoms with Gasteiger partial charge in [0.05, 0.1) is 6.61 Å². The quantitative estimate of drug-likeness (QED) is 0.206. The molecule has 0 bridgehead atoms. The van der Waals surface area contributed by atoms with Gasteiger partial charge in [-0.25, -0.2) is 0 Å². The second-order valence-corrected chi connectivity index (χ2v) is 5.92. The minimum Gasteiger partial charge on any atom is -0.466 e. The van der Waals surface area contributed by atoms with E-state index in [0.717, 1.165) is 6.92 Å².